The van der Waals surface area contributed by atoms with Gasteiger partial charge in [-0.1, -0.05) is 35.9 Å². The van der Waals surface area contributed by atoms with Crippen LogP contribution in [0.4, 0.5) is 0 Å². The molecule has 2 aromatic rings. The fourth-order valence-corrected chi connectivity index (χ4v) is 5.30. The second kappa shape index (κ2) is 14.7. The van der Waals surface area contributed by atoms with Gasteiger partial charge in [-0.3, -0.25) is 19.2 Å². The van der Waals surface area contributed by atoms with Gasteiger partial charge in [0.2, 0.25) is 0 Å². The average molecular weight is 619 g/mol. The third-order valence-corrected chi connectivity index (χ3v) is 7.26. The van der Waals surface area contributed by atoms with Crippen molar-refractivity contribution in [3.05, 3.63) is 64.2 Å². The van der Waals surface area contributed by atoms with Crippen molar-refractivity contribution < 1.29 is 52.3 Å². The fourth-order valence-electron chi connectivity index (χ4n) is 5.12. The largest absolute Gasteiger partial charge is 0.488 e. The molecule has 2 fully saturated rings. The minimum Gasteiger partial charge on any atom is -0.488 e. The van der Waals surface area contributed by atoms with Crippen molar-refractivity contribution in [1.29, 1.82) is 0 Å². The number of halogens is 1. The van der Waals surface area contributed by atoms with E-state index < -0.39 is 54.4 Å². The van der Waals surface area contributed by atoms with Crippen LogP contribution in [0.5, 0.6) is 5.75 Å². The van der Waals surface area contributed by atoms with Crippen molar-refractivity contribution in [3.8, 4) is 5.75 Å². The Bertz CT molecular complexity index is 1310. The van der Waals surface area contributed by atoms with Crippen LogP contribution in [0.3, 0.4) is 0 Å². The highest BCUT2D eigenvalue weighted by molar-refractivity contribution is 6.31. The molecule has 0 unspecified atom stereocenters. The van der Waals surface area contributed by atoms with Gasteiger partial charge in [0.25, 0.3) is 0 Å². The molecule has 0 radical (unpaired) electrons. The van der Waals surface area contributed by atoms with E-state index in [-0.39, 0.29) is 12.7 Å². The number of rotatable bonds is 11. The van der Waals surface area contributed by atoms with Gasteiger partial charge >= 0.3 is 23.9 Å². The lowest BCUT2D eigenvalue weighted by atomic mass is 9.96. The standard InChI is InChI=1S/C31H35ClO11/c1-17(33)38-16-27(39-18(2)34)29-31(41-20(4)36)30(40-19(3)35)28(43-29)22-7-10-26(32)23(14-22)13-21-5-8-24(9-6-21)42-25-11-12-37-15-25/h5-10,14,25,27-31H,11-13,15-16H2,1-4H3/t25-,27+,28+,29+,30-,31-/m0/s1. The zero-order valence-electron chi connectivity index (χ0n) is 24.4. The summed E-state index contributed by atoms with van der Waals surface area (Å²) in [5.41, 5.74) is 2.33. The van der Waals surface area contributed by atoms with E-state index in [9.17, 15) is 19.2 Å². The second-order valence-electron chi connectivity index (χ2n) is 10.4. The van der Waals surface area contributed by atoms with E-state index in [0.717, 1.165) is 23.3 Å². The predicted molar refractivity (Wildman–Crippen MR) is 151 cm³/mol. The maximum Gasteiger partial charge on any atom is 0.303 e. The van der Waals surface area contributed by atoms with Gasteiger partial charge in [-0.25, -0.2) is 0 Å². The van der Waals surface area contributed by atoms with E-state index in [0.29, 0.717) is 30.2 Å². The van der Waals surface area contributed by atoms with Crippen LogP contribution in [0.2, 0.25) is 5.02 Å². The normalized spacial score (nSPS) is 23.7. The highest BCUT2D eigenvalue weighted by Gasteiger charge is 2.53. The molecule has 11 nitrogen and oxygen atoms in total. The lowest BCUT2D eigenvalue weighted by Crippen LogP contribution is -2.46. The summed E-state index contributed by atoms with van der Waals surface area (Å²) in [5, 5.41) is 0.509. The number of hydrogen-bond donors (Lipinski definition) is 0. The van der Waals surface area contributed by atoms with E-state index in [1.165, 1.54) is 27.7 Å². The Morgan fingerprint density at radius 2 is 1.60 bits per heavy atom. The Hall–Kier alpha value is -3.67. The Kier molecular flexibility index (Phi) is 11.0. The van der Waals surface area contributed by atoms with Crippen molar-refractivity contribution in [3.63, 3.8) is 0 Å². The number of esters is 4. The van der Waals surface area contributed by atoms with Crippen LogP contribution in [0.25, 0.3) is 0 Å². The van der Waals surface area contributed by atoms with Crippen LogP contribution in [0, 0.1) is 0 Å². The Morgan fingerprint density at radius 1 is 0.907 bits per heavy atom. The highest BCUT2D eigenvalue weighted by Crippen LogP contribution is 2.40. The third kappa shape index (κ3) is 8.92. The first-order valence-electron chi connectivity index (χ1n) is 13.9. The molecule has 6 atom stereocenters. The lowest BCUT2D eigenvalue weighted by Gasteiger charge is -2.27. The minimum atomic E-state index is -1.18. The van der Waals surface area contributed by atoms with Crippen LogP contribution < -0.4 is 4.74 Å². The topological polar surface area (TPSA) is 133 Å². The number of carbonyl (C=O) groups excluding carboxylic acids is 4. The molecule has 0 bridgehead atoms. The van der Waals surface area contributed by atoms with E-state index in [2.05, 4.69) is 0 Å². The summed E-state index contributed by atoms with van der Waals surface area (Å²) in [7, 11) is 0. The zero-order valence-corrected chi connectivity index (χ0v) is 25.2. The highest BCUT2D eigenvalue weighted by atomic mass is 35.5. The minimum absolute atomic E-state index is 0.0441. The number of benzene rings is 2. The van der Waals surface area contributed by atoms with Gasteiger partial charge in [0.1, 0.15) is 30.7 Å². The van der Waals surface area contributed by atoms with E-state index in [4.69, 9.17) is 44.8 Å². The van der Waals surface area contributed by atoms with E-state index >= 15 is 0 Å². The van der Waals surface area contributed by atoms with Crippen molar-refractivity contribution in [2.75, 3.05) is 19.8 Å². The van der Waals surface area contributed by atoms with Crippen LogP contribution in [0.15, 0.2) is 42.5 Å². The molecule has 2 aliphatic rings. The monoisotopic (exact) mass is 618 g/mol. The molecule has 0 aromatic heterocycles. The van der Waals surface area contributed by atoms with E-state index in [1.807, 2.05) is 30.3 Å². The number of ether oxygens (including phenoxy) is 7. The molecule has 2 aliphatic heterocycles. The molecule has 2 heterocycles. The molecule has 2 saturated heterocycles. The van der Waals surface area contributed by atoms with E-state index in [1.54, 1.807) is 12.1 Å². The molecular formula is C31H35ClO11. The maximum absolute atomic E-state index is 12.2. The summed E-state index contributed by atoms with van der Waals surface area (Å²) in [4.78, 5) is 47.7. The van der Waals surface area contributed by atoms with Crippen LogP contribution in [0.1, 0.15) is 56.9 Å². The summed E-state index contributed by atoms with van der Waals surface area (Å²) in [5.74, 6) is -1.84. The molecule has 4 rings (SSSR count). The molecule has 0 saturated carbocycles. The Balaban J connectivity index is 1.61. The Morgan fingerprint density at radius 3 is 2.21 bits per heavy atom. The smallest absolute Gasteiger partial charge is 0.303 e. The summed E-state index contributed by atoms with van der Waals surface area (Å²) in [6.07, 6.45) is -4.13. The van der Waals surface area contributed by atoms with Crippen molar-refractivity contribution in [2.45, 2.75) is 77.2 Å². The summed E-state index contributed by atoms with van der Waals surface area (Å²) in [6.45, 7) is 5.71. The SMILES string of the molecule is CC(=O)OC[C@@H](OC(C)=O)[C@H]1O[C@H](c2ccc(Cl)c(Cc3ccc(O[C@H]4CCOC4)cc3)c2)[C@H](OC(C)=O)[C@H]1OC(C)=O. The quantitative estimate of drug-likeness (QED) is 0.268. The first kappa shape index (κ1) is 32.2. The van der Waals surface area contributed by atoms with Gasteiger partial charge in [0, 0.05) is 39.1 Å². The first-order chi connectivity index (χ1) is 20.5. The molecule has 12 heteroatoms. The molecule has 232 valence electrons. The van der Waals surface area contributed by atoms with Gasteiger partial charge in [0.15, 0.2) is 18.3 Å². The van der Waals surface area contributed by atoms with Crippen molar-refractivity contribution in [1.82, 2.24) is 0 Å². The van der Waals surface area contributed by atoms with Crippen molar-refractivity contribution >= 4 is 35.5 Å². The third-order valence-electron chi connectivity index (χ3n) is 6.90. The summed E-state index contributed by atoms with van der Waals surface area (Å²) < 4.78 is 39.3. The molecular weight excluding hydrogens is 584 g/mol. The molecule has 0 N–H and O–H groups in total. The van der Waals surface area contributed by atoms with Crippen LogP contribution in [-0.2, 0) is 54.0 Å². The molecule has 2 aromatic carbocycles. The average Bonchev–Trinajstić information content (AvgIpc) is 3.56. The van der Waals surface area contributed by atoms with Crippen LogP contribution >= 0.6 is 11.6 Å². The van der Waals surface area contributed by atoms with Crippen molar-refractivity contribution in [2.24, 2.45) is 0 Å². The lowest BCUT2D eigenvalue weighted by molar-refractivity contribution is -0.176. The van der Waals surface area contributed by atoms with Crippen LogP contribution in [-0.4, -0.2) is 74.2 Å². The van der Waals surface area contributed by atoms with Gasteiger partial charge < -0.3 is 33.2 Å². The summed E-state index contributed by atoms with van der Waals surface area (Å²) in [6, 6.07) is 12.9. The Labute approximate surface area is 254 Å². The van der Waals surface area contributed by atoms with Gasteiger partial charge in [-0.2, -0.15) is 0 Å². The molecule has 0 aliphatic carbocycles. The van der Waals surface area contributed by atoms with Gasteiger partial charge in [-0.15, -0.1) is 0 Å². The predicted octanol–water partition coefficient (Wildman–Crippen LogP) is 3.90. The number of hydrogen-bond acceptors (Lipinski definition) is 11. The zero-order chi connectivity index (χ0) is 31.1. The first-order valence-corrected chi connectivity index (χ1v) is 14.3. The van der Waals surface area contributed by atoms with Gasteiger partial charge in [0.05, 0.1) is 13.2 Å². The second-order valence-corrected chi connectivity index (χ2v) is 10.8. The number of carbonyl (C=O) groups is 4. The molecule has 0 spiro atoms. The fraction of sp³-hybridized carbons (Fsp3) is 0.484. The van der Waals surface area contributed by atoms with Gasteiger partial charge in [-0.05, 0) is 41.3 Å². The molecule has 0 amide bonds. The summed E-state index contributed by atoms with van der Waals surface area (Å²) >= 11 is 6.58. The molecule has 43 heavy (non-hydrogen) atoms. The maximum atomic E-state index is 12.2.